The molecule has 3 rings (SSSR count). The van der Waals surface area contributed by atoms with Crippen LogP contribution in [0.5, 0.6) is 11.5 Å². The Labute approximate surface area is 163 Å². The van der Waals surface area contributed by atoms with E-state index in [1.807, 2.05) is 37.3 Å². The van der Waals surface area contributed by atoms with E-state index in [4.69, 9.17) is 9.47 Å². The minimum absolute atomic E-state index is 0.333. The van der Waals surface area contributed by atoms with Gasteiger partial charge in [0.1, 0.15) is 5.69 Å². The Bertz CT molecular complexity index is 1010. The van der Waals surface area contributed by atoms with E-state index in [0.717, 1.165) is 16.7 Å². The predicted octanol–water partition coefficient (Wildman–Crippen LogP) is 3.56. The lowest BCUT2D eigenvalue weighted by molar-refractivity contribution is 0.0950. The Balaban J connectivity index is 1.72. The van der Waals surface area contributed by atoms with Crippen molar-refractivity contribution in [2.24, 2.45) is 5.10 Å². The first-order valence-corrected chi connectivity index (χ1v) is 8.71. The first-order chi connectivity index (χ1) is 13.5. The van der Waals surface area contributed by atoms with E-state index in [1.54, 1.807) is 39.3 Å². The van der Waals surface area contributed by atoms with Crippen molar-refractivity contribution in [1.82, 2.24) is 15.6 Å². The van der Waals surface area contributed by atoms with Crippen LogP contribution in [0, 0.1) is 6.92 Å². The number of nitrogens with one attached hydrogen (secondary N) is 2. The Morgan fingerprint density at radius 3 is 2.43 bits per heavy atom. The number of benzene rings is 2. The summed E-state index contributed by atoms with van der Waals surface area (Å²) < 4.78 is 10.5. The van der Waals surface area contributed by atoms with Crippen molar-refractivity contribution in [1.29, 1.82) is 0 Å². The number of carbonyl (C=O) groups is 1. The monoisotopic (exact) mass is 378 g/mol. The molecule has 0 saturated carbocycles. The zero-order chi connectivity index (χ0) is 20.1. The standard InChI is InChI=1S/C21H22N4O3/c1-13-5-7-15(8-6-13)17-12-18(24-23-17)21(26)25-22-14(2)16-9-10-19(27-3)20(11-16)28-4/h5-12H,1-4H3,(H,23,24)(H,25,26)/b22-14+. The van der Waals surface area contributed by atoms with Crippen LogP contribution in [0.1, 0.15) is 28.5 Å². The summed E-state index contributed by atoms with van der Waals surface area (Å²) >= 11 is 0. The molecular weight excluding hydrogens is 356 g/mol. The van der Waals surface area contributed by atoms with Gasteiger partial charge in [-0.25, -0.2) is 5.43 Å². The van der Waals surface area contributed by atoms with Crippen molar-refractivity contribution in [2.45, 2.75) is 13.8 Å². The van der Waals surface area contributed by atoms with E-state index in [9.17, 15) is 4.79 Å². The molecule has 1 amide bonds. The molecule has 0 aliphatic heterocycles. The highest BCUT2D eigenvalue weighted by atomic mass is 16.5. The van der Waals surface area contributed by atoms with Crippen molar-refractivity contribution in [3.05, 3.63) is 65.4 Å². The summed E-state index contributed by atoms with van der Waals surface area (Å²) in [6.07, 6.45) is 0. The van der Waals surface area contributed by atoms with Crippen LogP contribution in [-0.4, -0.2) is 36.0 Å². The Kier molecular flexibility index (Phi) is 5.74. The number of hydrazone groups is 1. The molecule has 1 heterocycles. The molecule has 0 saturated heterocycles. The average Bonchev–Trinajstić information content (AvgIpc) is 3.22. The average molecular weight is 378 g/mol. The van der Waals surface area contributed by atoms with E-state index in [-0.39, 0.29) is 5.91 Å². The molecule has 0 spiro atoms. The fraction of sp³-hybridized carbons (Fsp3) is 0.190. The third-order valence-electron chi connectivity index (χ3n) is 4.30. The van der Waals surface area contributed by atoms with Crippen LogP contribution in [0.3, 0.4) is 0 Å². The van der Waals surface area contributed by atoms with E-state index in [1.165, 1.54) is 0 Å². The van der Waals surface area contributed by atoms with Crippen molar-refractivity contribution < 1.29 is 14.3 Å². The minimum atomic E-state index is -0.370. The molecule has 0 fully saturated rings. The van der Waals surface area contributed by atoms with Gasteiger partial charge in [0.25, 0.3) is 5.91 Å². The van der Waals surface area contributed by atoms with Gasteiger partial charge in [0.05, 0.1) is 25.6 Å². The summed E-state index contributed by atoms with van der Waals surface area (Å²) in [5.74, 6) is 0.854. The van der Waals surface area contributed by atoms with E-state index in [0.29, 0.717) is 28.6 Å². The van der Waals surface area contributed by atoms with Crippen molar-refractivity contribution in [3.63, 3.8) is 0 Å². The number of aromatic nitrogens is 2. The fourth-order valence-corrected chi connectivity index (χ4v) is 2.63. The molecule has 144 valence electrons. The first-order valence-electron chi connectivity index (χ1n) is 8.71. The van der Waals surface area contributed by atoms with E-state index < -0.39 is 0 Å². The quantitative estimate of drug-likeness (QED) is 0.507. The van der Waals surface area contributed by atoms with Crippen LogP contribution in [0.25, 0.3) is 11.3 Å². The Morgan fingerprint density at radius 1 is 1.04 bits per heavy atom. The number of aryl methyl sites for hydroxylation is 1. The number of aromatic amines is 1. The largest absolute Gasteiger partial charge is 0.493 e. The summed E-state index contributed by atoms with van der Waals surface area (Å²) in [6.45, 7) is 3.82. The molecular formula is C21H22N4O3. The molecule has 7 heteroatoms. The van der Waals surface area contributed by atoms with E-state index >= 15 is 0 Å². The highest BCUT2D eigenvalue weighted by molar-refractivity contribution is 6.01. The zero-order valence-corrected chi connectivity index (χ0v) is 16.2. The maximum atomic E-state index is 12.4. The summed E-state index contributed by atoms with van der Waals surface area (Å²) in [5.41, 5.74) is 7.12. The van der Waals surface area contributed by atoms with Crippen molar-refractivity contribution in [3.8, 4) is 22.8 Å². The minimum Gasteiger partial charge on any atom is -0.493 e. The van der Waals surface area contributed by atoms with Gasteiger partial charge in [-0.1, -0.05) is 29.8 Å². The maximum Gasteiger partial charge on any atom is 0.289 e. The maximum absolute atomic E-state index is 12.4. The fourth-order valence-electron chi connectivity index (χ4n) is 2.63. The molecule has 3 aromatic rings. The topological polar surface area (TPSA) is 88.6 Å². The second kappa shape index (κ2) is 8.39. The normalized spacial score (nSPS) is 11.2. The highest BCUT2D eigenvalue weighted by Crippen LogP contribution is 2.27. The number of ether oxygens (including phenoxy) is 2. The summed E-state index contributed by atoms with van der Waals surface area (Å²) in [7, 11) is 3.15. The third kappa shape index (κ3) is 4.20. The van der Waals surface area contributed by atoms with Crippen LogP contribution in [0.15, 0.2) is 53.6 Å². The van der Waals surface area contributed by atoms with Crippen LogP contribution in [0.2, 0.25) is 0 Å². The molecule has 28 heavy (non-hydrogen) atoms. The number of amides is 1. The summed E-state index contributed by atoms with van der Waals surface area (Å²) in [4.78, 5) is 12.4. The second-order valence-corrected chi connectivity index (χ2v) is 6.24. The molecule has 0 aliphatic carbocycles. The number of carbonyl (C=O) groups excluding carboxylic acids is 1. The molecule has 2 N–H and O–H groups in total. The van der Waals surface area contributed by atoms with Crippen LogP contribution in [-0.2, 0) is 0 Å². The van der Waals surface area contributed by atoms with Crippen LogP contribution < -0.4 is 14.9 Å². The van der Waals surface area contributed by atoms with Gasteiger partial charge >= 0.3 is 0 Å². The highest BCUT2D eigenvalue weighted by Gasteiger charge is 2.11. The molecule has 2 aromatic carbocycles. The lowest BCUT2D eigenvalue weighted by atomic mass is 10.1. The first kappa shape index (κ1) is 19.2. The second-order valence-electron chi connectivity index (χ2n) is 6.24. The van der Waals surface area contributed by atoms with Crippen LogP contribution >= 0.6 is 0 Å². The lowest BCUT2D eigenvalue weighted by Crippen LogP contribution is -2.19. The van der Waals surface area contributed by atoms with Gasteiger partial charge in [0.15, 0.2) is 11.5 Å². The van der Waals surface area contributed by atoms with Gasteiger partial charge in [0, 0.05) is 11.1 Å². The molecule has 0 aliphatic rings. The van der Waals surface area contributed by atoms with Gasteiger partial charge in [-0.2, -0.15) is 10.2 Å². The number of hydrogen-bond donors (Lipinski definition) is 2. The Morgan fingerprint density at radius 2 is 1.75 bits per heavy atom. The lowest BCUT2D eigenvalue weighted by Gasteiger charge is -2.09. The summed E-state index contributed by atoms with van der Waals surface area (Å²) in [5, 5.41) is 11.1. The number of H-pyrrole nitrogens is 1. The molecule has 0 unspecified atom stereocenters. The third-order valence-corrected chi connectivity index (χ3v) is 4.30. The molecule has 0 atom stereocenters. The number of rotatable bonds is 6. The van der Waals surface area contributed by atoms with Gasteiger partial charge in [0.2, 0.25) is 0 Å². The molecule has 7 nitrogen and oxygen atoms in total. The predicted molar refractivity (Wildman–Crippen MR) is 108 cm³/mol. The Hall–Kier alpha value is -3.61. The number of hydrogen-bond acceptors (Lipinski definition) is 5. The SMILES string of the molecule is COc1ccc(/C(C)=N/NC(=O)c2cc(-c3ccc(C)cc3)n[nH]2)cc1OC. The smallest absolute Gasteiger partial charge is 0.289 e. The van der Waals surface area contributed by atoms with Gasteiger partial charge < -0.3 is 9.47 Å². The molecule has 0 radical (unpaired) electrons. The molecule has 1 aromatic heterocycles. The van der Waals surface area contributed by atoms with Crippen LogP contribution in [0.4, 0.5) is 0 Å². The zero-order valence-electron chi connectivity index (χ0n) is 16.2. The number of nitrogens with zero attached hydrogens (tertiary/aromatic N) is 2. The summed E-state index contributed by atoms with van der Waals surface area (Å²) in [6, 6.07) is 15.1. The van der Waals surface area contributed by atoms with E-state index in [2.05, 4.69) is 20.7 Å². The van der Waals surface area contributed by atoms with Gasteiger partial charge in [-0.15, -0.1) is 0 Å². The van der Waals surface area contributed by atoms with Crippen molar-refractivity contribution in [2.75, 3.05) is 14.2 Å². The number of methoxy groups -OCH3 is 2. The van der Waals surface area contributed by atoms with Gasteiger partial charge in [-0.05, 0) is 38.1 Å². The van der Waals surface area contributed by atoms with Crippen molar-refractivity contribution >= 4 is 11.6 Å². The molecule has 0 bridgehead atoms. The van der Waals surface area contributed by atoms with Gasteiger partial charge in [-0.3, -0.25) is 9.89 Å².